The Hall–Kier alpha value is -1.33. The van der Waals surface area contributed by atoms with E-state index in [0.29, 0.717) is 16.0 Å². The zero-order chi connectivity index (χ0) is 13.1. The predicted molar refractivity (Wildman–Crippen MR) is 75.8 cm³/mol. The van der Waals surface area contributed by atoms with Crippen molar-refractivity contribution in [2.24, 2.45) is 0 Å². The zero-order valence-electron chi connectivity index (χ0n) is 10.1. The standard InChI is InChI=1S/C12H13ClN4S/c1-3-7-6-9(16-11(13)10(7)14)8-4-5-15-12(17-8)18-2/h4-6H,3,14H2,1-2H3. The Labute approximate surface area is 115 Å². The van der Waals surface area contributed by atoms with E-state index in [1.54, 1.807) is 6.20 Å². The summed E-state index contributed by atoms with van der Waals surface area (Å²) >= 11 is 7.52. The van der Waals surface area contributed by atoms with Gasteiger partial charge in [0.2, 0.25) is 0 Å². The molecule has 0 aromatic carbocycles. The number of rotatable bonds is 3. The van der Waals surface area contributed by atoms with Crippen LogP contribution in [0.4, 0.5) is 5.69 Å². The maximum Gasteiger partial charge on any atom is 0.187 e. The molecule has 0 unspecified atom stereocenters. The molecule has 6 heteroatoms. The van der Waals surface area contributed by atoms with Crippen molar-refractivity contribution in [2.75, 3.05) is 12.0 Å². The molecule has 2 aromatic rings. The molecule has 2 rings (SSSR count). The lowest BCUT2D eigenvalue weighted by atomic mass is 10.1. The van der Waals surface area contributed by atoms with Crippen molar-refractivity contribution >= 4 is 29.1 Å². The lowest BCUT2D eigenvalue weighted by molar-refractivity contribution is 0.970. The topological polar surface area (TPSA) is 64.7 Å². The monoisotopic (exact) mass is 280 g/mol. The van der Waals surface area contributed by atoms with E-state index in [0.717, 1.165) is 23.4 Å². The highest BCUT2D eigenvalue weighted by Gasteiger charge is 2.10. The third-order valence-corrected chi connectivity index (χ3v) is 3.41. The first-order valence-corrected chi connectivity index (χ1v) is 7.08. The average molecular weight is 281 g/mol. The molecule has 0 spiro atoms. The third kappa shape index (κ3) is 2.57. The summed E-state index contributed by atoms with van der Waals surface area (Å²) < 4.78 is 0. The minimum absolute atomic E-state index is 0.327. The Bertz CT molecular complexity index is 574. The van der Waals surface area contributed by atoms with E-state index in [1.807, 2.05) is 25.3 Å². The molecule has 0 amide bonds. The smallest absolute Gasteiger partial charge is 0.187 e. The van der Waals surface area contributed by atoms with Crippen molar-refractivity contribution in [1.29, 1.82) is 0 Å². The van der Waals surface area contributed by atoms with Crippen molar-refractivity contribution in [2.45, 2.75) is 18.5 Å². The molecule has 2 heterocycles. The van der Waals surface area contributed by atoms with Gasteiger partial charge in [0.25, 0.3) is 0 Å². The van der Waals surface area contributed by atoms with Crippen LogP contribution in [-0.2, 0) is 6.42 Å². The molecular formula is C12H13ClN4S. The molecule has 0 atom stereocenters. The first-order valence-electron chi connectivity index (χ1n) is 5.48. The van der Waals surface area contributed by atoms with Crippen LogP contribution in [0.2, 0.25) is 5.15 Å². The number of nitrogens with zero attached hydrogens (tertiary/aromatic N) is 3. The van der Waals surface area contributed by atoms with E-state index >= 15 is 0 Å². The molecule has 94 valence electrons. The van der Waals surface area contributed by atoms with Gasteiger partial charge < -0.3 is 5.73 Å². The number of thioether (sulfide) groups is 1. The lowest BCUT2D eigenvalue weighted by Gasteiger charge is -2.08. The first-order chi connectivity index (χ1) is 8.65. The van der Waals surface area contributed by atoms with E-state index < -0.39 is 0 Å². The highest BCUT2D eigenvalue weighted by Crippen LogP contribution is 2.27. The van der Waals surface area contributed by atoms with Gasteiger partial charge in [-0.05, 0) is 30.4 Å². The van der Waals surface area contributed by atoms with Crippen LogP contribution in [0.5, 0.6) is 0 Å². The number of hydrogen-bond donors (Lipinski definition) is 1. The Balaban J connectivity index is 2.53. The SMILES string of the molecule is CCc1cc(-c2ccnc(SC)n2)nc(Cl)c1N. The predicted octanol–water partition coefficient (Wildman–Crippen LogP) is 3.06. The van der Waals surface area contributed by atoms with Gasteiger partial charge in [-0.1, -0.05) is 30.3 Å². The van der Waals surface area contributed by atoms with Crippen LogP contribution in [0, 0.1) is 0 Å². The van der Waals surface area contributed by atoms with Crippen LogP contribution in [-0.4, -0.2) is 21.2 Å². The molecule has 0 radical (unpaired) electrons. The van der Waals surface area contributed by atoms with Gasteiger partial charge in [0.05, 0.1) is 17.1 Å². The quantitative estimate of drug-likeness (QED) is 0.532. The number of halogens is 1. The molecule has 0 aliphatic carbocycles. The summed E-state index contributed by atoms with van der Waals surface area (Å²) in [7, 11) is 0. The van der Waals surface area contributed by atoms with Crippen LogP contribution in [0.25, 0.3) is 11.4 Å². The second-order valence-corrected chi connectivity index (χ2v) is 4.78. The highest BCUT2D eigenvalue weighted by atomic mass is 35.5. The molecule has 0 aliphatic rings. The summed E-state index contributed by atoms with van der Waals surface area (Å²) in [5.41, 5.74) is 8.87. The minimum Gasteiger partial charge on any atom is -0.396 e. The Morgan fingerprint density at radius 3 is 2.78 bits per heavy atom. The number of anilines is 1. The summed E-state index contributed by atoms with van der Waals surface area (Å²) in [6.07, 6.45) is 4.45. The summed E-state index contributed by atoms with van der Waals surface area (Å²) in [5.74, 6) is 0. The highest BCUT2D eigenvalue weighted by molar-refractivity contribution is 7.98. The van der Waals surface area contributed by atoms with Crippen molar-refractivity contribution in [3.8, 4) is 11.4 Å². The minimum atomic E-state index is 0.327. The maximum absolute atomic E-state index is 6.04. The second kappa shape index (κ2) is 5.54. The summed E-state index contributed by atoms with van der Waals surface area (Å²) in [6, 6.07) is 3.74. The summed E-state index contributed by atoms with van der Waals surface area (Å²) in [5, 5.41) is 1.04. The molecule has 0 fully saturated rings. The van der Waals surface area contributed by atoms with E-state index in [9.17, 15) is 0 Å². The van der Waals surface area contributed by atoms with Gasteiger partial charge in [-0.2, -0.15) is 0 Å². The van der Waals surface area contributed by atoms with Gasteiger partial charge in [-0.25, -0.2) is 15.0 Å². The first kappa shape index (κ1) is 13.1. The molecule has 0 saturated heterocycles. The fourth-order valence-corrected chi connectivity index (χ4v) is 2.15. The molecule has 18 heavy (non-hydrogen) atoms. The van der Waals surface area contributed by atoms with E-state index in [1.165, 1.54) is 11.8 Å². The Morgan fingerprint density at radius 2 is 2.11 bits per heavy atom. The number of nitrogens with two attached hydrogens (primary N) is 1. The molecule has 0 saturated carbocycles. The maximum atomic E-state index is 6.04. The Kier molecular flexibility index (Phi) is 4.04. The summed E-state index contributed by atoms with van der Waals surface area (Å²) in [6.45, 7) is 2.03. The van der Waals surface area contributed by atoms with E-state index in [-0.39, 0.29) is 0 Å². The van der Waals surface area contributed by atoms with Gasteiger partial charge in [0.15, 0.2) is 10.3 Å². The lowest BCUT2D eigenvalue weighted by Crippen LogP contribution is -1.99. The Morgan fingerprint density at radius 1 is 1.33 bits per heavy atom. The average Bonchev–Trinajstić information content (AvgIpc) is 2.41. The second-order valence-electron chi connectivity index (χ2n) is 3.65. The fourth-order valence-electron chi connectivity index (χ4n) is 1.58. The number of aromatic nitrogens is 3. The van der Waals surface area contributed by atoms with Gasteiger partial charge in [0.1, 0.15) is 0 Å². The molecule has 0 bridgehead atoms. The van der Waals surface area contributed by atoms with Gasteiger partial charge in [-0.3, -0.25) is 0 Å². The zero-order valence-corrected chi connectivity index (χ0v) is 11.7. The van der Waals surface area contributed by atoms with Gasteiger partial charge in [-0.15, -0.1) is 0 Å². The van der Waals surface area contributed by atoms with Crippen LogP contribution in [0.3, 0.4) is 0 Å². The van der Waals surface area contributed by atoms with E-state index in [4.69, 9.17) is 17.3 Å². The number of pyridine rings is 1. The van der Waals surface area contributed by atoms with Crippen molar-refractivity contribution in [1.82, 2.24) is 15.0 Å². The van der Waals surface area contributed by atoms with E-state index in [2.05, 4.69) is 15.0 Å². The normalized spacial score (nSPS) is 10.6. The molecule has 0 aliphatic heterocycles. The fraction of sp³-hybridized carbons (Fsp3) is 0.250. The van der Waals surface area contributed by atoms with Gasteiger partial charge >= 0.3 is 0 Å². The van der Waals surface area contributed by atoms with Crippen molar-refractivity contribution < 1.29 is 0 Å². The summed E-state index contributed by atoms with van der Waals surface area (Å²) in [4.78, 5) is 12.8. The van der Waals surface area contributed by atoms with Crippen molar-refractivity contribution in [3.63, 3.8) is 0 Å². The number of aryl methyl sites for hydroxylation is 1. The van der Waals surface area contributed by atoms with Crippen LogP contribution in [0.1, 0.15) is 12.5 Å². The van der Waals surface area contributed by atoms with Crippen LogP contribution in [0.15, 0.2) is 23.5 Å². The molecule has 2 N–H and O–H groups in total. The largest absolute Gasteiger partial charge is 0.396 e. The molecule has 2 aromatic heterocycles. The van der Waals surface area contributed by atoms with Gasteiger partial charge in [0, 0.05) is 6.20 Å². The molecular weight excluding hydrogens is 268 g/mol. The van der Waals surface area contributed by atoms with Crippen molar-refractivity contribution in [3.05, 3.63) is 29.0 Å². The van der Waals surface area contributed by atoms with Crippen LogP contribution < -0.4 is 5.73 Å². The number of hydrogen-bond acceptors (Lipinski definition) is 5. The van der Waals surface area contributed by atoms with Crippen LogP contribution >= 0.6 is 23.4 Å². The molecule has 4 nitrogen and oxygen atoms in total. The third-order valence-electron chi connectivity index (χ3n) is 2.56. The number of nitrogen functional groups attached to an aromatic ring is 1.